The Labute approximate surface area is 124 Å². The molecule has 1 heterocycles. The van der Waals surface area contributed by atoms with Crippen LogP contribution in [0.25, 0.3) is 0 Å². The van der Waals surface area contributed by atoms with E-state index < -0.39 is 0 Å². The number of piperidine rings is 1. The fraction of sp³-hybridized carbons (Fsp3) is 0.667. The van der Waals surface area contributed by atoms with Crippen LogP contribution in [0.5, 0.6) is 0 Å². The van der Waals surface area contributed by atoms with Crippen molar-refractivity contribution in [1.82, 2.24) is 10.2 Å². The first-order valence-corrected chi connectivity index (χ1v) is 8.30. The predicted molar refractivity (Wildman–Crippen MR) is 87.2 cm³/mol. The van der Waals surface area contributed by atoms with Crippen LogP contribution in [0.4, 0.5) is 0 Å². The minimum atomic E-state index is 0.657. The van der Waals surface area contributed by atoms with Crippen LogP contribution in [-0.4, -0.2) is 37.1 Å². The average molecular weight is 274 g/mol. The highest BCUT2D eigenvalue weighted by molar-refractivity contribution is 5.18. The standard InChI is InChI=1S/C18H30N2/c1-3-20(15-18-11-7-8-13-19-18)14-12-16(2)17-9-5-4-6-10-17/h4-6,9-10,16,18-19H,3,7-8,11-15H2,1-2H3. The van der Waals surface area contributed by atoms with Gasteiger partial charge in [0, 0.05) is 12.6 Å². The van der Waals surface area contributed by atoms with Gasteiger partial charge in [-0.1, -0.05) is 50.6 Å². The molecule has 0 aromatic heterocycles. The summed E-state index contributed by atoms with van der Waals surface area (Å²) < 4.78 is 0. The zero-order chi connectivity index (χ0) is 14.2. The molecule has 0 amide bonds. The molecule has 2 heteroatoms. The molecule has 1 fully saturated rings. The van der Waals surface area contributed by atoms with Gasteiger partial charge in [0.2, 0.25) is 0 Å². The molecule has 20 heavy (non-hydrogen) atoms. The van der Waals surface area contributed by atoms with Gasteiger partial charge >= 0.3 is 0 Å². The Morgan fingerprint density at radius 2 is 2.05 bits per heavy atom. The van der Waals surface area contributed by atoms with Gasteiger partial charge in [0.25, 0.3) is 0 Å². The topological polar surface area (TPSA) is 15.3 Å². The first kappa shape index (κ1) is 15.5. The van der Waals surface area contributed by atoms with Crippen LogP contribution in [-0.2, 0) is 0 Å². The zero-order valence-electron chi connectivity index (χ0n) is 13.1. The molecule has 0 bridgehead atoms. The van der Waals surface area contributed by atoms with Gasteiger partial charge in [-0.3, -0.25) is 0 Å². The van der Waals surface area contributed by atoms with Crippen molar-refractivity contribution in [2.75, 3.05) is 26.2 Å². The smallest absolute Gasteiger partial charge is 0.0195 e. The quantitative estimate of drug-likeness (QED) is 0.816. The second-order valence-electron chi connectivity index (χ2n) is 6.14. The van der Waals surface area contributed by atoms with Gasteiger partial charge in [-0.2, -0.15) is 0 Å². The molecule has 1 saturated heterocycles. The van der Waals surface area contributed by atoms with Crippen molar-refractivity contribution in [1.29, 1.82) is 0 Å². The molecule has 1 N–H and O–H groups in total. The lowest BCUT2D eigenvalue weighted by molar-refractivity contribution is 0.227. The summed E-state index contributed by atoms with van der Waals surface area (Å²) in [4.78, 5) is 2.61. The third-order valence-corrected chi connectivity index (χ3v) is 4.59. The highest BCUT2D eigenvalue weighted by atomic mass is 15.1. The second kappa shape index (κ2) is 8.43. The van der Waals surface area contributed by atoms with Gasteiger partial charge in [-0.05, 0) is 50.4 Å². The molecule has 112 valence electrons. The second-order valence-corrected chi connectivity index (χ2v) is 6.14. The summed E-state index contributed by atoms with van der Waals surface area (Å²) in [6.07, 6.45) is 5.36. The van der Waals surface area contributed by atoms with Gasteiger partial charge in [-0.15, -0.1) is 0 Å². The van der Waals surface area contributed by atoms with E-state index in [4.69, 9.17) is 0 Å². The van der Waals surface area contributed by atoms with E-state index in [1.165, 1.54) is 57.4 Å². The fourth-order valence-corrected chi connectivity index (χ4v) is 3.09. The summed E-state index contributed by atoms with van der Waals surface area (Å²) in [5.41, 5.74) is 1.47. The normalized spacial score (nSPS) is 21.1. The van der Waals surface area contributed by atoms with Gasteiger partial charge in [-0.25, -0.2) is 0 Å². The van der Waals surface area contributed by atoms with Crippen LogP contribution in [0.1, 0.15) is 51.0 Å². The summed E-state index contributed by atoms with van der Waals surface area (Å²) in [6.45, 7) is 9.45. The number of nitrogens with one attached hydrogen (secondary N) is 1. The minimum Gasteiger partial charge on any atom is -0.313 e. The van der Waals surface area contributed by atoms with Gasteiger partial charge < -0.3 is 10.2 Å². The largest absolute Gasteiger partial charge is 0.313 e. The summed E-state index contributed by atoms with van der Waals surface area (Å²) in [5.74, 6) is 0.657. The maximum absolute atomic E-state index is 3.66. The van der Waals surface area contributed by atoms with Gasteiger partial charge in [0.1, 0.15) is 0 Å². The van der Waals surface area contributed by atoms with Gasteiger partial charge in [0.05, 0.1) is 0 Å². The van der Waals surface area contributed by atoms with Crippen LogP contribution in [0.15, 0.2) is 30.3 Å². The fourth-order valence-electron chi connectivity index (χ4n) is 3.09. The minimum absolute atomic E-state index is 0.657. The number of benzene rings is 1. The Morgan fingerprint density at radius 3 is 2.70 bits per heavy atom. The molecule has 2 atom stereocenters. The van der Waals surface area contributed by atoms with Gasteiger partial charge in [0.15, 0.2) is 0 Å². The molecule has 2 nitrogen and oxygen atoms in total. The number of nitrogens with zero attached hydrogens (tertiary/aromatic N) is 1. The summed E-state index contributed by atoms with van der Waals surface area (Å²) >= 11 is 0. The molecule has 0 radical (unpaired) electrons. The van der Waals surface area contributed by atoms with Crippen molar-refractivity contribution in [2.45, 2.75) is 51.5 Å². The van der Waals surface area contributed by atoms with Crippen molar-refractivity contribution < 1.29 is 0 Å². The SMILES string of the molecule is CCN(CCC(C)c1ccccc1)CC1CCCCN1. The summed E-state index contributed by atoms with van der Waals surface area (Å²) in [6, 6.07) is 11.6. The molecule has 2 unspecified atom stereocenters. The maximum atomic E-state index is 3.66. The first-order valence-electron chi connectivity index (χ1n) is 8.30. The highest BCUT2D eigenvalue weighted by Gasteiger charge is 2.16. The maximum Gasteiger partial charge on any atom is 0.0195 e. The zero-order valence-corrected chi connectivity index (χ0v) is 13.1. The van der Waals surface area contributed by atoms with Crippen LogP contribution in [0, 0.1) is 0 Å². The summed E-state index contributed by atoms with van der Waals surface area (Å²) in [7, 11) is 0. The first-order chi connectivity index (χ1) is 9.79. The molecule has 1 aromatic carbocycles. The van der Waals surface area contributed by atoms with E-state index in [2.05, 4.69) is 54.4 Å². The van der Waals surface area contributed by atoms with Crippen LogP contribution in [0.2, 0.25) is 0 Å². The monoisotopic (exact) mass is 274 g/mol. The van der Waals surface area contributed by atoms with Crippen LogP contribution < -0.4 is 5.32 Å². The Bertz CT molecular complexity index is 357. The molecule has 0 spiro atoms. The molecule has 1 aliphatic rings. The highest BCUT2D eigenvalue weighted by Crippen LogP contribution is 2.19. The van der Waals surface area contributed by atoms with E-state index in [0.29, 0.717) is 5.92 Å². The lowest BCUT2D eigenvalue weighted by atomic mass is 9.97. The van der Waals surface area contributed by atoms with Crippen molar-refractivity contribution in [2.24, 2.45) is 0 Å². The number of likely N-dealkylation sites (N-methyl/N-ethyl adjacent to an activating group) is 1. The summed E-state index contributed by atoms with van der Waals surface area (Å²) in [5, 5.41) is 3.66. The number of hydrogen-bond donors (Lipinski definition) is 1. The Hall–Kier alpha value is -0.860. The van der Waals surface area contributed by atoms with Crippen LogP contribution in [0.3, 0.4) is 0 Å². The van der Waals surface area contributed by atoms with E-state index >= 15 is 0 Å². The molecule has 2 rings (SSSR count). The lowest BCUT2D eigenvalue weighted by Crippen LogP contribution is -2.44. The molecular formula is C18H30N2. The Morgan fingerprint density at radius 1 is 1.25 bits per heavy atom. The third kappa shape index (κ3) is 4.92. The van der Waals surface area contributed by atoms with Crippen molar-refractivity contribution in [3.8, 4) is 0 Å². The number of hydrogen-bond acceptors (Lipinski definition) is 2. The molecular weight excluding hydrogens is 244 g/mol. The lowest BCUT2D eigenvalue weighted by Gasteiger charge is -2.30. The van der Waals surface area contributed by atoms with Crippen molar-refractivity contribution >= 4 is 0 Å². The van der Waals surface area contributed by atoms with E-state index in [1.807, 2.05) is 0 Å². The molecule has 0 saturated carbocycles. The predicted octanol–water partition coefficient (Wildman–Crippen LogP) is 3.64. The Kier molecular flexibility index (Phi) is 6.55. The molecule has 1 aliphatic heterocycles. The van der Waals surface area contributed by atoms with Crippen molar-refractivity contribution in [3.05, 3.63) is 35.9 Å². The van der Waals surface area contributed by atoms with E-state index in [0.717, 1.165) is 6.04 Å². The van der Waals surface area contributed by atoms with E-state index in [1.54, 1.807) is 0 Å². The van der Waals surface area contributed by atoms with E-state index in [-0.39, 0.29) is 0 Å². The van der Waals surface area contributed by atoms with Crippen LogP contribution >= 0.6 is 0 Å². The average Bonchev–Trinajstić information content (AvgIpc) is 2.53. The van der Waals surface area contributed by atoms with Crippen molar-refractivity contribution in [3.63, 3.8) is 0 Å². The number of rotatable bonds is 7. The molecule has 1 aromatic rings. The van der Waals surface area contributed by atoms with E-state index in [9.17, 15) is 0 Å². The Balaban J connectivity index is 1.75. The molecule has 0 aliphatic carbocycles. The third-order valence-electron chi connectivity index (χ3n) is 4.59.